The van der Waals surface area contributed by atoms with Gasteiger partial charge in [0, 0.05) is 51.8 Å². The number of ketones is 2. The zero-order valence-electron chi connectivity index (χ0n) is 17.6. The predicted molar refractivity (Wildman–Crippen MR) is 121 cm³/mol. The molecule has 0 fully saturated rings. The predicted octanol–water partition coefficient (Wildman–Crippen LogP) is 8.04. The minimum atomic E-state index is -3.91. The van der Waals surface area contributed by atoms with Gasteiger partial charge in [-0.15, -0.1) is 0 Å². The number of hydrogen-bond donors (Lipinski definition) is 0. The first-order valence-corrected chi connectivity index (χ1v) is 12.8. The highest BCUT2D eigenvalue weighted by Crippen LogP contribution is 2.58. The van der Waals surface area contributed by atoms with Gasteiger partial charge in [-0.2, -0.15) is 0 Å². The van der Waals surface area contributed by atoms with Gasteiger partial charge in [0.15, 0.2) is 11.6 Å². The quantitative estimate of drug-likeness (QED) is 0.325. The first-order valence-electron chi connectivity index (χ1n) is 9.37. The van der Waals surface area contributed by atoms with Crippen LogP contribution in [0.4, 0.5) is 0 Å². The Kier molecular flexibility index (Phi) is 6.94. The van der Waals surface area contributed by atoms with Crippen LogP contribution in [0.3, 0.4) is 0 Å². The van der Waals surface area contributed by atoms with Crippen LogP contribution in [0, 0.1) is 10.8 Å². The molecule has 0 unspecified atom stereocenters. The van der Waals surface area contributed by atoms with Crippen LogP contribution in [0.15, 0.2) is 30.3 Å². The summed E-state index contributed by atoms with van der Waals surface area (Å²) in [5, 5.41) is 1.20. The Labute approximate surface area is 181 Å². The number of hydrogen-bond acceptors (Lipinski definition) is 4. The second-order valence-electron chi connectivity index (χ2n) is 9.74. The lowest BCUT2D eigenvalue weighted by Crippen LogP contribution is -2.13. The van der Waals surface area contributed by atoms with E-state index >= 15 is 0 Å². The molecule has 158 valence electrons. The van der Waals surface area contributed by atoms with Gasteiger partial charge in [0.25, 0.3) is 0 Å². The summed E-state index contributed by atoms with van der Waals surface area (Å²) in [5.41, 5.74) is 0.573. The molecule has 0 atom stereocenters. The van der Waals surface area contributed by atoms with Crippen molar-refractivity contribution in [3.63, 3.8) is 0 Å². The molecule has 0 radical (unpaired) electrons. The van der Waals surface area contributed by atoms with Crippen molar-refractivity contribution < 1.29 is 18.7 Å². The number of benzene rings is 2. The van der Waals surface area contributed by atoms with Gasteiger partial charge in [0.05, 0.1) is 0 Å². The SMILES string of the molecule is CC(C)(C)CC(=O)c1cc(OP(=O)(Cl)Cl)c2cc(C(=O)CC(C)(C)C)ccc2c1. The van der Waals surface area contributed by atoms with Crippen molar-refractivity contribution in [3.8, 4) is 5.75 Å². The third kappa shape index (κ3) is 7.44. The van der Waals surface area contributed by atoms with E-state index in [2.05, 4.69) is 0 Å². The average Bonchev–Trinajstić information content (AvgIpc) is 2.49. The summed E-state index contributed by atoms with van der Waals surface area (Å²) >= 11 is 11.3. The van der Waals surface area contributed by atoms with Crippen molar-refractivity contribution in [2.45, 2.75) is 54.4 Å². The Morgan fingerprint density at radius 2 is 1.38 bits per heavy atom. The molecular formula is C22H27Cl2O4P. The Hall–Kier alpha value is -1.35. The lowest BCUT2D eigenvalue weighted by atomic mass is 9.86. The zero-order chi connectivity index (χ0) is 22.2. The highest BCUT2D eigenvalue weighted by Gasteiger charge is 2.23. The minimum absolute atomic E-state index is 0.0156. The molecule has 7 heteroatoms. The van der Waals surface area contributed by atoms with E-state index in [1.54, 1.807) is 24.3 Å². The van der Waals surface area contributed by atoms with Gasteiger partial charge in [-0.25, -0.2) is 4.57 Å². The number of fused-ring (bicyclic) bond motifs is 1. The van der Waals surface area contributed by atoms with Gasteiger partial charge in [-0.05, 0) is 34.4 Å². The Morgan fingerprint density at radius 3 is 1.86 bits per heavy atom. The second-order valence-corrected chi connectivity index (χ2v) is 13.9. The summed E-state index contributed by atoms with van der Waals surface area (Å²) in [5.74, 6) is 0.0350. The minimum Gasteiger partial charge on any atom is -0.422 e. The summed E-state index contributed by atoms with van der Waals surface area (Å²) in [6, 6.07) is 8.37. The monoisotopic (exact) mass is 456 g/mol. The van der Waals surface area contributed by atoms with Crippen LogP contribution in [-0.2, 0) is 4.57 Å². The van der Waals surface area contributed by atoms with Crippen molar-refractivity contribution in [2.75, 3.05) is 0 Å². The average molecular weight is 457 g/mol. The van der Waals surface area contributed by atoms with Crippen LogP contribution in [0.2, 0.25) is 0 Å². The van der Waals surface area contributed by atoms with Crippen molar-refractivity contribution in [3.05, 3.63) is 41.5 Å². The first-order chi connectivity index (χ1) is 13.0. The summed E-state index contributed by atoms with van der Waals surface area (Å²) in [4.78, 5) is 25.3. The lowest BCUT2D eigenvalue weighted by Gasteiger charge is -2.19. The van der Waals surface area contributed by atoms with E-state index in [1.807, 2.05) is 41.5 Å². The van der Waals surface area contributed by atoms with E-state index in [1.165, 1.54) is 6.07 Å². The maximum Gasteiger partial charge on any atom is 0.428 e. The Morgan fingerprint density at radius 1 is 0.862 bits per heavy atom. The van der Waals surface area contributed by atoms with E-state index in [0.29, 0.717) is 34.7 Å². The molecular weight excluding hydrogens is 430 g/mol. The van der Waals surface area contributed by atoms with Gasteiger partial charge in [0.2, 0.25) is 0 Å². The second kappa shape index (κ2) is 8.41. The van der Waals surface area contributed by atoms with E-state index in [-0.39, 0.29) is 28.1 Å². The van der Waals surface area contributed by atoms with E-state index < -0.39 is 6.07 Å². The Bertz CT molecular complexity index is 994. The van der Waals surface area contributed by atoms with Crippen LogP contribution < -0.4 is 4.52 Å². The molecule has 2 aromatic rings. The number of carbonyl (C=O) groups excluding carboxylic acids is 2. The van der Waals surface area contributed by atoms with Crippen molar-refractivity contribution in [1.82, 2.24) is 0 Å². The first kappa shape index (κ1) is 23.9. The van der Waals surface area contributed by atoms with Crippen LogP contribution in [0.1, 0.15) is 75.1 Å². The fourth-order valence-electron chi connectivity index (χ4n) is 3.02. The summed E-state index contributed by atoms with van der Waals surface area (Å²) in [6.45, 7) is 11.9. The molecule has 0 N–H and O–H groups in total. The van der Waals surface area contributed by atoms with Crippen LogP contribution >= 0.6 is 28.6 Å². The molecule has 0 spiro atoms. The standard InChI is InChI=1S/C22H27Cl2O4P/c1-21(2,3)12-18(25)15-8-7-14-9-16(19(26)13-22(4,5)6)11-20(17(14)10-15)28-29(23,24)27/h7-11H,12-13H2,1-6H3. The molecule has 0 bridgehead atoms. The molecule has 0 saturated carbocycles. The topological polar surface area (TPSA) is 60.4 Å². The lowest BCUT2D eigenvalue weighted by molar-refractivity contribution is 0.0930. The molecule has 0 saturated heterocycles. The van der Waals surface area contributed by atoms with Crippen molar-refractivity contribution >= 4 is 50.9 Å². The maximum atomic E-state index is 12.7. The smallest absolute Gasteiger partial charge is 0.422 e. The van der Waals surface area contributed by atoms with E-state index in [9.17, 15) is 14.2 Å². The van der Waals surface area contributed by atoms with Crippen molar-refractivity contribution in [2.24, 2.45) is 10.8 Å². The number of carbonyl (C=O) groups is 2. The fourth-order valence-corrected chi connectivity index (χ4v) is 3.84. The molecule has 0 aromatic heterocycles. The normalized spacial score (nSPS) is 12.8. The van der Waals surface area contributed by atoms with Gasteiger partial charge in [0.1, 0.15) is 5.75 Å². The van der Waals surface area contributed by atoms with Gasteiger partial charge in [-0.1, -0.05) is 53.7 Å². The van der Waals surface area contributed by atoms with E-state index in [0.717, 1.165) is 0 Å². The molecule has 0 aliphatic heterocycles. The molecule has 0 amide bonds. The largest absolute Gasteiger partial charge is 0.428 e. The van der Waals surface area contributed by atoms with Crippen LogP contribution in [0.5, 0.6) is 5.75 Å². The Balaban J connectivity index is 2.58. The van der Waals surface area contributed by atoms with Crippen LogP contribution in [-0.4, -0.2) is 11.6 Å². The molecule has 4 nitrogen and oxygen atoms in total. The highest BCUT2D eigenvalue weighted by molar-refractivity contribution is 8.05. The molecule has 0 heterocycles. The number of Topliss-reactive ketones (excluding diaryl/α,β-unsaturated/α-hetero) is 2. The van der Waals surface area contributed by atoms with Gasteiger partial charge in [-0.3, -0.25) is 9.59 Å². The molecule has 0 aliphatic rings. The summed E-state index contributed by atoms with van der Waals surface area (Å²) in [6.07, 6.45) is -3.20. The number of rotatable bonds is 6. The molecule has 0 aliphatic carbocycles. The maximum absolute atomic E-state index is 12.7. The van der Waals surface area contributed by atoms with E-state index in [4.69, 9.17) is 27.0 Å². The zero-order valence-corrected chi connectivity index (χ0v) is 20.0. The summed E-state index contributed by atoms with van der Waals surface area (Å²) < 4.78 is 17.2. The highest BCUT2D eigenvalue weighted by atomic mass is 35.9. The van der Waals surface area contributed by atoms with Crippen LogP contribution in [0.25, 0.3) is 10.8 Å². The van der Waals surface area contributed by atoms with Gasteiger partial charge < -0.3 is 4.52 Å². The fraction of sp³-hybridized carbons (Fsp3) is 0.455. The molecule has 2 aromatic carbocycles. The van der Waals surface area contributed by atoms with Crippen molar-refractivity contribution in [1.29, 1.82) is 0 Å². The third-order valence-electron chi connectivity index (χ3n) is 4.15. The summed E-state index contributed by atoms with van der Waals surface area (Å²) in [7, 11) is 0. The van der Waals surface area contributed by atoms with Gasteiger partial charge >= 0.3 is 6.07 Å². The third-order valence-corrected chi connectivity index (χ3v) is 4.97. The molecule has 29 heavy (non-hydrogen) atoms. The number of halogens is 2. The molecule has 2 rings (SSSR count).